The maximum absolute atomic E-state index is 13.3. The van der Waals surface area contributed by atoms with Crippen LogP contribution in [-0.4, -0.2) is 46.7 Å². The molecule has 0 N–H and O–H groups in total. The van der Waals surface area contributed by atoms with Gasteiger partial charge in [-0.05, 0) is 48.7 Å². The molecule has 0 amide bonds. The third-order valence-electron chi connectivity index (χ3n) is 5.25. The average molecular weight is 405 g/mol. The Morgan fingerprint density at radius 2 is 1.68 bits per heavy atom. The molecule has 0 bridgehead atoms. The summed E-state index contributed by atoms with van der Waals surface area (Å²) < 4.78 is 50.0. The van der Waals surface area contributed by atoms with Crippen LogP contribution in [0.2, 0.25) is 0 Å². The molecule has 2 aliphatic rings. The first-order valence-corrected chi connectivity index (χ1v) is 10.6. The first-order valence-electron chi connectivity index (χ1n) is 9.12. The summed E-state index contributed by atoms with van der Waals surface area (Å²) in [5.74, 6) is 2.27. The molecule has 7 nitrogen and oxygen atoms in total. The molecule has 0 saturated heterocycles. The van der Waals surface area contributed by atoms with E-state index in [-0.39, 0.29) is 10.9 Å². The fourth-order valence-corrected chi connectivity index (χ4v) is 5.40. The minimum absolute atomic E-state index is 0.201. The molecule has 28 heavy (non-hydrogen) atoms. The molecule has 2 aromatic carbocycles. The second kappa shape index (κ2) is 7.18. The van der Waals surface area contributed by atoms with E-state index in [1.165, 1.54) is 4.31 Å². The summed E-state index contributed by atoms with van der Waals surface area (Å²) in [4.78, 5) is 0.201. The van der Waals surface area contributed by atoms with Crippen LogP contribution in [-0.2, 0) is 16.4 Å². The molecule has 0 radical (unpaired) electrons. The molecule has 150 valence electrons. The van der Waals surface area contributed by atoms with Gasteiger partial charge in [-0.15, -0.1) is 0 Å². The van der Waals surface area contributed by atoms with E-state index in [0.29, 0.717) is 49.2 Å². The highest BCUT2D eigenvalue weighted by atomic mass is 32.2. The van der Waals surface area contributed by atoms with Gasteiger partial charge in [0.25, 0.3) is 0 Å². The van der Waals surface area contributed by atoms with Gasteiger partial charge < -0.3 is 18.9 Å². The van der Waals surface area contributed by atoms with E-state index < -0.39 is 10.0 Å². The van der Waals surface area contributed by atoms with Gasteiger partial charge in [0.1, 0.15) is 13.2 Å². The molecular formula is C20H23NO6S. The van der Waals surface area contributed by atoms with Gasteiger partial charge in [-0.2, -0.15) is 4.31 Å². The lowest BCUT2D eigenvalue weighted by molar-refractivity contribution is 0.171. The van der Waals surface area contributed by atoms with Crippen LogP contribution in [0.15, 0.2) is 35.2 Å². The highest BCUT2D eigenvalue weighted by Gasteiger charge is 2.35. The standard InChI is InChI=1S/C20H23NO6S/c1-13-16-12-19(25-3)18(24-2)10-14(16)6-7-21(13)28(22,23)15-4-5-17-20(11-15)27-9-8-26-17/h4-5,10-13H,6-9H2,1-3H3/t13-/m0/s1. The Hall–Kier alpha value is -2.45. The quantitative estimate of drug-likeness (QED) is 0.779. The Morgan fingerprint density at radius 3 is 2.39 bits per heavy atom. The molecule has 2 aliphatic heterocycles. The summed E-state index contributed by atoms with van der Waals surface area (Å²) in [5, 5.41) is 0. The van der Waals surface area contributed by atoms with E-state index in [0.717, 1.165) is 11.1 Å². The first-order chi connectivity index (χ1) is 13.5. The van der Waals surface area contributed by atoms with Gasteiger partial charge in [-0.3, -0.25) is 0 Å². The van der Waals surface area contributed by atoms with Gasteiger partial charge in [0.2, 0.25) is 10.0 Å². The average Bonchev–Trinajstić information content (AvgIpc) is 2.72. The van der Waals surface area contributed by atoms with Gasteiger partial charge in [-0.25, -0.2) is 8.42 Å². The molecule has 0 fully saturated rings. The van der Waals surface area contributed by atoms with Crippen molar-refractivity contribution in [3.05, 3.63) is 41.5 Å². The van der Waals surface area contributed by atoms with Gasteiger partial charge in [-0.1, -0.05) is 0 Å². The Bertz CT molecular complexity index is 1000. The van der Waals surface area contributed by atoms with Crippen LogP contribution in [0.4, 0.5) is 0 Å². The highest BCUT2D eigenvalue weighted by Crippen LogP contribution is 2.41. The SMILES string of the molecule is COc1cc2c(cc1OC)[C@H](C)N(S(=O)(=O)c1ccc3c(c1)OCCO3)CC2. The topological polar surface area (TPSA) is 74.3 Å². The van der Waals surface area contributed by atoms with Crippen molar-refractivity contribution < 1.29 is 27.4 Å². The van der Waals surface area contributed by atoms with Crippen molar-refractivity contribution in [2.75, 3.05) is 34.0 Å². The molecule has 1 atom stereocenters. The second-order valence-corrected chi connectivity index (χ2v) is 8.64. The van der Waals surface area contributed by atoms with Crippen LogP contribution < -0.4 is 18.9 Å². The number of hydrogen-bond donors (Lipinski definition) is 0. The van der Waals surface area contributed by atoms with Crippen molar-refractivity contribution in [3.8, 4) is 23.0 Å². The van der Waals surface area contributed by atoms with E-state index in [2.05, 4.69) is 0 Å². The van der Waals surface area contributed by atoms with Crippen LogP contribution >= 0.6 is 0 Å². The van der Waals surface area contributed by atoms with Crippen molar-refractivity contribution >= 4 is 10.0 Å². The number of nitrogens with zero attached hydrogens (tertiary/aromatic N) is 1. The molecule has 0 aliphatic carbocycles. The zero-order chi connectivity index (χ0) is 19.9. The lowest BCUT2D eigenvalue weighted by Gasteiger charge is -2.35. The van der Waals surface area contributed by atoms with Gasteiger partial charge in [0.15, 0.2) is 23.0 Å². The zero-order valence-electron chi connectivity index (χ0n) is 16.1. The van der Waals surface area contributed by atoms with E-state index in [9.17, 15) is 8.42 Å². The van der Waals surface area contributed by atoms with E-state index in [1.54, 1.807) is 32.4 Å². The van der Waals surface area contributed by atoms with E-state index in [1.807, 2.05) is 19.1 Å². The van der Waals surface area contributed by atoms with E-state index in [4.69, 9.17) is 18.9 Å². The van der Waals surface area contributed by atoms with E-state index >= 15 is 0 Å². The van der Waals surface area contributed by atoms with Crippen LogP contribution in [0.5, 0.6) is 23.0 Å². The predicted molar refractivity (Wildman–Crippen MR) is 103 cm³/mol. The molecule has 4 rings (SSSR count). The number of benzene rings is 2. The molecule has 2 heterocycles. The third-order valence-corrected chi connectivity index (χ3v) is 7.22. The van der Waals surface area contributed by atoms with Crippen molar-refractivity contribution in [1.29, 1.82) is 0 Å². The van der Waals surface area contributed by atoms with Crippen molar-refractivity contribution in [1.82, 2.24) is 4.31 Å². The van der Waals surface area contributed by atoms with Crippen molar-refractivity contribution in [2.45, 2.75) is 24.3 Å². The largest absolute Gasteiger partial charge is 0.493 e. The second-order valence-electron chi connectivity index (χ2n) is 6.75. The van der Waals surface area contributed by atoms with Crippen LogP contribution in [0.25, 0.3) is 0 Å². The number of fused-ring (bicyclic) bond motifs is 2. The number of ether oxygens (including phenoxy) is 4. The first kappa shape index (κ1) is 18.9. The number of methoxy groups -OCH3 is 2. The Labute approximate surface area is 164 Å². The zero-order valence-corrected chi connectivity index (χ0v) is 16.9. The lowest BCUT2D eigenvalue weighted by atomic mass is 9.94. The summed E-state index contributed by atoms with van der Waals surface area (Å²) >= 11 is 0. The smallest absolute Gasteiger partial charge is 0.243 e. The Morgan fingerprint density at radius 1 is 1.00 bits per heavy atom. The minimum Gasteiger partial charge on any atom is -0.493 e. The predicted octanol–water partition coefficient (Wildman–Crippen LogP) is 2.78. The monoisotopic (exact) mass is 405 g/mol. The highest BCUT2D eigenvalue weighted by molar-refractivity contribution is 7.89. The van der Waals surface area contributed by atoms with Crippen LogP contribution in [0.3, 0.4) is 0 Å². The summed E-state index contributed by atoms with van der Waals surface area (Å²) in [6, 6.07) is 8.23. The fourth-order valence-electron chi connectivity index (χ4n) is 3.77. The maximum Gasteiger partial charge on any atom is 0.243 e. The molecule has 8 heteroatoms. The van der Waals surface area contributed by atoms with Crippen molar-refractivity contribution in [2.24, 2.45) is 0 Å². The number of hydrogen-bond acceptors (Lipinski definition) is 6. The minimum atomic E-state index is -3.70. The summed E-state index contributed by atoms with van der Waals surface area (Å²) in [7, 11) is -0.534. The van der Waals surface area contributed by atoms with Gasteiger partial charge >= 0.3 is 0 Å². The maximum atomic E-state index is 13.3. The normalized spacial score (nSPS) is 19.0. The summed E-state index contributed by atoms with van der Waals surface area (Å²) in [6.45, 7) is 3.15. The number of rotatable bonds is 4. The molecule has 0 unspecified atom stereocenters. The lowest BCUT2D eigenvalue weighted by Crippen LogP contribution is -2.38. The summed E-state index contributed by atoms with van der Waals surface area (Å²) in [5.41, 5.74) is 1.99. The summed E-state index contributed by atoms with van der Waals surface area (Å²) in [6.07, 6.45) is 0.601. The van der Waals surface area contributed by atoms with Crippen molar-refractivity contribution in [3.63, 3.8) is 0 Å². The van der Waals surface area contributed by atoms with Gasteiger partial charge in [0.05, 0.1) is 19.1 Å². The van der Waals surface area contributed by atoms with Crippen LogP contribution in [0.1, 0.15) is 24.1 Å². The number of sulfonamides is 1. The molecule has 2 aromatic rings. The molecular weight excluding hydrogens is 382 g/mol. The molecule has 0 saturated carbocycles. The van der Waals surface area contributed by atoms with Gasteiger partial charge in [0, 0.05) is 18.7 Å². The van der Waals surface area contributed by atoms with Crippen LogP contribution in [0, 0.1) is 0 Å². The molecule has 0 spiro atoms. The Kier molecular flexibility index (Phi) is 4.84. The third kappa shape index (κ3) is 3.06. The fraction of sp³-hybridized carbons (Fsp3) is 0.400. The Balaban J connectivity index is 1.70. The molecule has 0 aromatic heterocycles.